The van der Waals surface area contributed by atoms with Crippen LogP contribution in [0.4, 0.5) is 10.8 Å². The van der Waals surface area contributed by atoms with Crippen LogP contribution < -0.4 is 14.4 Å². The topological polar surface area (TPSA) is 138 Å². The number of sulfonamides is 1. The van der Waals surface area contributed by atoms with Crippen molar-refractivity contribution >= 4 is 38.1 Å². The third-order valence-electron chi connectivity index (χ3n) is 4.04. The van der Waals surface area contributed by atoms with E-state index in [2.05, 4.69) is 21.3 Å². The maximum absolute atomic E-state index is 12.3. The zero-order chi connectivity index (χ0) is 22.6. The number of aromatic nitrogens is 3. The van der Waals surface area contributed by atoms with Gasteiger partial charge in [-0.1, -0.05) is 0 Å². The highest BCUT2D eigenvalue weighted by atomic mass is 32.2. The molecule has 1 aromatic carbocycles. The summed E-state index contributed by atoms with van der Waals surface area (Å²) in [5, 5.41) is 17.6. The van der Waals surface area contributed by atoms with Crippen molar-refractivity contribution in [3.63, 3.8) is 0 Å². The van der Waals surface area contributed by atoms with Crippen molar-refractivity contribution in [2.75, 3.05) is 18.3 Å². The highest BCUT2D eigenvalue weighted by molar-refractivity contribution is 7.89. The highest BCUT2D eigenvalue weighted by Gasteiger charge is 2.22. The van der Waals surface area contributed by atoms with Gasteiger partial charge in [-0.05, 0) is 37.3 Å². The number of aryl methyl sites for hydroxylation is 1. The molecule has 0 radical (unpaired) electrons. The number of ether oxygens (including phenoxy) is 1. The van der Waals surface area contributed by atoms with E-state index in [4.69, 9.17) is 10.00 Å². The summed E-state index contributed by atoms with van der Waals surface area (Å²) in [6.45, 7) is 1.95. The Morgan fingerprint density at radius 1 is 1.23 bits per heavy atom. The Hall–Kier alpha value is -3.56. The fourth-order valence-corrected chi connectivity index (χ4v) is 3.97. The predicted octanol–water partition coefficient (Wildman–Crippen LogP) is 2.15. The van der Waals surface area contributed by atoms with E-state index in [9.17, 15) is 13.2 Å². The molecule has 12 heteroatoms. The standard InChI is InChI=1S/C19H18N6O4S2/c1-12-17(18(26)24-31(3,27)28)21-19(30-12)25(15-7-4-13(10-20)5-8-15)11-14-6-9-16(29-2)23-22-14/h4-9H,11H2,1-3H3,(H,24,26). The summed E-state index contributed by atoms with van der Waals surface area (Å²) in [6.07, 6.45) is 0.902. The zero-order valence-corrected chi connectivity index (χ0v) is 18.5. The molecule has 0 bridgehead atoms. The van der Waals surface area contributed by atoms with Crippen LogP contribution in [-0.2, 0) is 16.6 Å². The van der Waals surface area contributed by atoms with Gasteiger partial charge in [-0.15, -0.1) is 21.5 Å². The largest absolute Gasteiger partial charge is 0.480 e. The van der Waals surface area contributed by atoms with Crippen LogP contribution in [0, 0.1) is 18.3 Å². The van der Waals surface area contributed by atoms with Gasteiger partial charge in [0.2, 0.25) is 15.9 Å². The SMILES string of the molecule is COc1ccc(CN(c2ccc(C#N)cc2)c2nc(C(=O)NS(C)(=O)=O)c(C)s2)nn1. The minimum atomic E-state index is -3.72. The second kappa shape index (κ2) is 9.07. The van der Waals surface area contributed by atoms with Crippen LogP contribution in [0.15, 0.2) is 36.4 Å². The van der Waals surface area contributed by atoms with Gasteiger partial charge in [0.1, 0.15) is 5.69 Å². The third kappa shape index (κ3) is 5.53. The molecular weight excluding hydrogens is 440 g/mol. The van der Waals surface area contributed by atoms with Gasteiger partial charge in [-0.25, -0.2) is 18.1 Å². The quantitative estimate of drug-likeness (QED) is 0.564. The number of hydrogen-bond acceptors (Lipinski definition) is 10. The first-order valence-electron chi connectivity index (χ1n) is 8.84. The summed E-state index contributed by atoms with van der Waals surface area (Å²) >= 11 is 1.23. The first-order valence-corrected chi connectivity index (χ1v) is 11.5. The van der Waals surface area contributed by atoms with E-state index in [1.165, 1.54) is 18.4 Å². The second-order valence-corrected chi connectivity index (χ2v) is 9.35. The van der Waals surface area contributed by atoms with Gasteiger partial charge in [0.05, 0.1) is 37.2 Å². The van der Waals surface area contributed by atoms with Gasteiger partial charge in [0.15, 0.2) is 5.13 Å². The number of nitriles is 1. The molecule has 0 saturated heterocycles. The summed E-state index contributed by atoms with van der Waals surface area (Å²) < 4.78 is 29.8. The first-order chi connectivity index (χ1) is 14.7. The number of carbonyl (C=O) groups is 1. The molecule has 0 saturated carbocycles. The van der Waals surface area contributed by atoms with E-state index < -0.39 is 15.9 Å². The van der Waals surface area contributed by atoms with Gasteiger partial charge in [0.25, 0.3) is 5.91 Å². The third-order valence-corrected chi connectivity index (χ3v) is 5.59. The minimum absolute atomic E-state index is 0.0184. The Labute approximate surface area is 183 Å². The Bertz CT molecular complexity index is 1230. The fraction of sp³-hybridized carbons (Fsp3) is 0.211. The van der Waals surface area contributed by atoms with E-state index in [0.29, 0.717) is 32.8 Å². The van der Waals surface area contributed by atoms with Crippen LogP contribution in [-0.4, -0.2) is 42.9 Å². The van der Waals surface area contributed by atoms with Crippen molar-refractivity contribution < 1.29 is 17.9 Å². The summed E-state index contributed by atoms with van der Waals surface area (Å²) in [5.41, 5.74) is 1.84. The monoisotopic (exact) mass is 458 g/mol. The molecule has 1 amide bonds. The van der Waals surface area contributed by atoms with Crippen LogP contribution in [0.3, 0.4) is 0 Å². The van der Waals surface area contributed by atoms with E-state index in [0.717, 1.165) is 6.26 Å². The highest BCUT2D eigenvalue weighted by Crippen LogP contribution is 2.33. The number of hydrogen-bond donors (Lipinski definition) is 1. The molecule has 3 aromatic rings. The van der Waals surface area contributed by atoms with Gasteiger partial charge in [0, 0.05) is 16.6 Å². The summed E-state index contributed by atoms with van der Waals surface area (Å²) in [6, 6.07) is 12.3. The van der Waals surface area contributed by atoms with Crippen molar-refractivity contribution in [1.82, 2.24) is 19.9 Å². The molecule has 1 N–H and O–H groups in total. The molecule has 0 aliphatic rings. The number of nitrogens with one attached hydrogen (secondary N) is 1. The number of methoxy groups -OCH3 is 1. The zero-order valence-electron chi connectivity index (χ0n) is 16.9. The van der Waals surface area contributed by atoms with Gasteiger partial charge in [-0.2, -0.15) is 5.26 Å². The van der Waals surface area contributed by atoms with Crippen molar-refractivity contribution in [1.29, 1.82) is 5.26 Å². The van der Waals surface area contributed by atoms with Gasteiger partial charge >= 0.3 is 0 Å². The Morgan fingerprint density at radius 2 is 1.94 bits per heavy atom. The van der Waals surface area contributed by atoms with E-state index >= 15 is 0 Å². The van der Waals surface area contributed by atoms with Crippen LogP contribution in [0.2, 0.25) is 0 Å². The van der Waals surface area contributed by atoms with E-state index in [1.54, 1.807) is 48.2 Å². The number of thiazole rings is 1. The Morgan fingerprint density at radius 3 is 2.48 bits per heavy atom. The van der Waals surface area contributed by atoms with Crippen molar-refractivity contribution in [3.05, 3.63) is 58.2 Å². The maximum Gasteiger partial charge on any atom is 0.284 e. The van der Waals surface area contributed by atoms with Crippen LogP contribution in [0.1, 0.15) is 26.6 Å². The molecule has 31 heavy (non-hydrogen) atoms. The first kappa shape index (κ1) is 22.1. The van der Waals surface area contributed by atoms with Crippen molar-refractivity contribution in [2.45, 2.75) is 13.5 Å². The molecule has 3 rings (SSSR count). The van der Waals surface area contributed by atoms with Crippen molar-refractivity contribution in [2.24, 2.45) is 0 Å². The number of rotatable bonds is 7. The molecule has 10 nitrogen and oxygen atoms in total. The van der Waals surface area contributed by atoms with Crippen LogP contribution >= 0.6 is 11.3 Å². The lowest BCUT2D eigenvalue weighted by atomic mass is 10.2. The fourth-order valence-electron chi connectivity index (χ4n) is 2.61. The van der Waals surface area contributed by atoms with Crippen LogP contribution in [0.25, 0.3) is 0 Å². The molecule has 0 spiro atoms. The predicted molar refractivity (Wildman–Crippen MR) is 115 cm³/mol. The Kier molecular flexibility index (Phi) is 6.47. The van der Waals surface area contributed by atoms with E-state index in [1.807, 2.05) is 4.72 Å². The average molecular weight is 459 g/mol. The number of anilines is 2. The smallest absolute Gasteiger partial charge is 0.284 e. The average Bonchev–Trinajstić information content (AvgIpc) is 3.13. The number of carbonyl (C=O) groups excluding carboxylic acids is 1. The molecule has 2 heterocycles. The molecule has 0 aliphatic heterocycles. The van der Waals surface area contributed by atoms with Gasteiger partial charge in [-0.3, -0.25) is 4.79 Å². The summed E-state index contributed by atoms with van der Waals surface area (Å²) in [7, 11) is -2.23. The molecule has 160 valence electrons. The molecule has 0 fully saturated rings. The minimum Gasteiger partial charge on any atom is -0.480 e. The lowest BCUT2D eigenvalue weighted by Gasteiger charge is -2.21. The molecule has 0 aliphatic carbocycles. The Balaban J connectivity index is 2.00. The molecule has 0 unspecified atom stereocenters. The second-order valence-electron chi connectivity index (χ2n) is 6.42. The lowest BCUT2D eigenvalue weighted by Crippen LogP contribution is -2.30. The van der Waals surface area contributed by atoms with E-state index in [-0.39, 0.29) is 12.2 Å². The maximum atomic E-state index is 12.3. The number of amides is 1. The van der Waals surface area contributed by atoms with Gasteiger partial charge < -0.3 is 9.64 Å². The van der Waals surface area contributed by atoms with Crippen LogP contribution in [0.5, 0.6) is 5.88 Å². The number of benzene rings is 1. The van der Waals surface area contributed by atoms with Crippen molar-refractivity contribution in [3.8, 4) is 11.9 Å². The summed E-state index contributed by atoms with van der Waals surface area (Å²) in [4.78, 5) is 19.1. The lowest BCUT2D eigenvalue weighted by molar-refractivity contribution is 0.0977. The molecule has 2 aromatic heterocycles. The summed E-state index contributed by atoms with van der Waals surface area (Å²) in [5.74, 6) is -0.426. The normalized spacial score (nSPS) is 10.9. The molecule has 0 atom stereocenters. The number of nitrogens with zero attached hydrogens (tertiary/aromatic N) is 5. The molecular formula is C19H18N6O4S2.